The molecule has 0 bridgehead atoms. The number of amides is 1. The zero-order valence-corrected chi connectivity index (χ0v) is 21.3. The second-order valence-electron chi connectivity index (χ2n) is 10.6. The van der Waals surface area contributed by atoms with Gasteiger partial charge < -0.3 is 19.9 Å². The maximum Gasteiger partial charge on any atom is 0.222 e. The van der Waals surface area contributed by atoms with E-state index in [9.17, 15) is 14.3 Å². The quantitative estimate of drug-likeness (QED) is 0.596. The highest BCUT2D eigenvalue weighted by atomic mass is 19.1. The van der Waals surface area contributed by atoms with E-state index in [-0.39, 0.29) is 42.6 Å². The highest BCUT2D eigenvalue weighted by Crippen LogP contribution is 2.29. The number of hydrogen-bond acceptors (Lipinski definition) is 6. The van der Waals surface area contributed by atoms with E-state index in [2.05, 4.69) is 39.4 Å². The van der Waals surface area contributed by atoms with Crippen LogP contribution in [0.5, 0.6) is 0 Å². The van der Waals surface area contributed by atoms with Gasteiger partial charge in [-0.05, 0) is 30.9 Å². The van der Waals surface area contributed by atoms with Crippen molar-refractivity contribution in [3.63, 3.8) is 0 Å². The summed E-state index contributed by atoms with van der Waals surface area (Å²) in [6.07, 6.45) is 1.80. The van der Waals surface area contributed by atoms with Crippen LogP contribution in [-0.2, 0) is 27.4 Å². The summed E-state index contributed by atoms with van der Waals surface area (Å²) in [4.78, 5) is 17.4. The third-order valence-corrected chi connectivity index (χ3v) is 7.72. The molecule has 0 radical (unpaired) electrons. The first-order chi connectivity index (χ1) is 18.0. The molecular formula is C29H38FN3O4. The Balaban J connectivity index is 1.13. The van der Waals surface area contributed by atoms with Gasteiger partial charge in [0.25, 0.3) is 0 Å². The van der Waals surface area contributed by atoms with Crippen molar-refractivity contribution >= 4 is 5.91 Å². The second kappa shape index (κ2) is 12.5. The van der Waals surface area contributed by atoms with Crippen molar-refractivity contribution in [2.24, 2.45) is 0 Å². The van der Waals surface area contributed by atoms with Gasteiger partial charge in [0.05, 0.1) is 37.9 Å². The van der Waals surface area contributed by atoms with Crippen molar-refractivity contribution in [1.82, 2.24) is 15.1 Å². The Kier molecular flexibility index (Phi) is 8.84. The summed E-state index contributed by atoms with van der Waals surface area (Å²) in [6.45, 7) is 4.10. The number of fused-ring (bicyclic) bond motifs is 1. The molecule has 0 unspecified atom stereocenters. The number of nitrogens with one attached hydrogen (secondary N) is 1. The van der Waals surface area contributed by atoms with Gasteiger partial charge in [0, 0.05) is 50.4 Å². The standard InChI is InChI=1S/C29H38FN3O4/c30-26-9-5-4-8-22(26)16-33-18-24(34)19-36-20-28-27(33)11-10-25(37-28)14-29(35)31-23-12-13-32(17-23)15-21-6-2-1-3-7-21/h1-9,23-25,27-28,34H,10-20H2,(H,31,35)/t23-,24-,25+,27-,28+/m1/s1. The van der Waals surface area contributed by atoms with E-state index in [0.717, 1.165) is 38.9 Å². The number of benzene rings is 2. The van der Waals surface area contributed by atoms with Crippen molar-refractivity contribution in [3.05, 3.63) is 71.5 Å². The van der Waals surface area contributed by atoms with Crippen molar-refractivity contribution in [1.29, 1.82) is 0 Å². The number of carbonyl (C=O) groups is 1. The van der Waals surface area contributed by atoms with Crippen LogP contribution in [0.25, 0.3) is 0 Å². The van der Waals surface area contributed by atoms with Gasteiger partial charge in [0.1, 0.15) is 5.82 Å². The maximum atomic E-state index is 14.4. The molecule has 0 saturated carbocycles. The lowest BCUT2D eigenvalue weighted by Crippen LogP contribution is -2.55. The zero-order chi connectivity index (χ0) is 25.6. The van der Waals surface area contributed by atoms with E-state index < -0.39 is 6.10 Å². The van der Waals surface area contributed by atoms with Crippen LogP contribution in [-0.4, -0.2) is 84.1 Å². The number of carbonyl (C=O) groups excluding carboxylic acids is 1. The van der Waals surface area contributed by atoms with Crippen LogP contribution in [0.15, 0.2) is 54.6 Å². The van der Waals surface area contributed by atoms with Crippen LogP contribution in [0.1, 0.15) is 36.8 Å². The summed E-state index contributed by atoms with van der Waals surface area (Å²) in [5, 5.41) is 13.6. The minimum Gasteiger partial charge on any atom is -0.389 e. The molecule has 0 aromatic heterocycles. The van der Waals surface area contributed by atoms with Gasteiger partial charge in [-0.25, -0.2) is 4.39 Å². The highest BCUT2D eigenvalue weighted by molar-refractivity contribution is 5.76. The van der Waals surface area contributed by atoms with Gasteiger partial charge in [-0.1, -0.05) is 48.5 Å². The van der Waals surface area contributed by atoms with Gasteiger partial charge in [-0.2, -0.15) is 0 Å². The molecule has 8 heteroatoms. The minimum atomic E-state index is -0.635. The number of β-amino-alcohol motifs (C(OH)–C–C–N with tert-alkyl or cyclic N) is 1. The maximum absolute atomic E-state index is 14.4. The Bertz CT molecular complexity index is 1030. The molecule has 0 aliphatic carbocycles. The minimum absolute atomic E-state index is 0.00440. The van der Waals surface area contributed by atoms with E-state index in [0.29, 0.717) is 31.7 Å². The zero-order valence-electron chi connectivity index (χ0n) is 21.3. The smallest absolute Gasteiger partial charge is 0.222 e. The SMILES string of the molecule is O=C(C[C@@H]1CC[C@@H]2[C@H](COC[C@H](O)CN2Cc2ccccc2F)O1)N[C@@H]1CCN(Cc2ccccc2)C1. The van der Waals surface area contributed by atoms with Crippen molar-refractivity contribution < 1.29 is 23.8 Å². The molecule has 2 aromatic carbocycles. The molecular weight excluding hydrogens is 473 g/mol. The molecule has 5 rings (SSSR count). The van der Waals surface area contributed by atoms with Crippen molar-refractivity contribution in [3.8, 4) is 0 Å². The number of halogens is 1. The van der Waals surface area contributed by atoms with Crippen molar-refractivity contribution in [2.75, 3.05) is 32.8 Å². The number of ether oxygens (including phenoxy) is 2. The van der Waals surface area contributed by atoms with Crippen LogP contribution in [0, 0.1) is 5.82 Å². The average Bonchev–Trinajstić information content (AvgIpc) is 3.31. The fourth-order valence-electron chi connectivity index (χ4n) is 5.90. The molecule has 3 fully saturated rings. The first-order valence-electron chi connectivity index (χ1n) is 13.5. The van der Waals surface area contributed by atoms with Crippen LogP contribution < -0.4 is 5.32 Å². The summed E-state index contributed by atoms with van der Waals surface area (Å²) in [6, 6.07) is 17.3. The van der Waals surface area contributed by atoms with E-state index in [1.165, 1.54) is 11.6 Å². The van der Waals surface area contributed by atoms with Crippen LogP contribution in [0.3, 0.4) is 0 Å². The number of hydrogen-bond donors (Lipinski definition) is 2. The van der Waals surface area contributed by atoms with Crippen LogP contribution in [0.2, 0.25) is 0 Å². The highest BCUT2D eigenvalue weighted by Gasteiger charge is 2.38. The largest absolute Gasteiger partial charge is 0.389 e. The summed E-state index contributed by atoms with van der Waals surface area (Å²) in [5.41, 5.74) is 1.90. The lowest BCUT2D eigenvalue weighted by atomic mass is 9.94. The number of nitrogens with zero attached hydrogens (tertiary/aromatic N) is 2. The summed E-state index contributed by atoms with van der Waals surface area (Å²) in [7, 11) is 0. The number of rotatable bonds is 7. The third-order valence-electron chi connectivity index (χ3n) is 7.72. The molecule has 37 heavy (non-hydrogen) atoms. The van der Waals surface area contributed by atoms with Gasteiger partial charge >= 0.3 is 0 Å². The topological polar surface area (TPSA) is 74.3 Å². The van der Waals surface area contributed by atoms with E-state index in [1.807, 2.05) is 12.1 Å². The molecule has 0 spiro atoms. The molecule has 3 heterocycles. The second-order valence-corrected chi connectivity index (χ2v) is 10.6. The molecule has 2 N–H and O–H groups in total. The van der Waals surface area contributed by atoms with Gasteiger partial charge in [0.2, 0.25) is 5.91 Å². The molecule has 2 aromatic rings. The Labute approximate surface area is 218 Å². The molecule has 7 nitrogen and oxygen atoms in total. The first-order valence-corrected chi connectivity index (χ1v) is 13.5. The van der Waals surface area contributed by atoms with Gasteiger partial charge in [-0.3, -0.25) is 14.6 Å². The van der Waals surface area contributed by atoms with Gasteiger partial charge in [0.15, 0.2) is 0 Å². The Morgan fingerprint density at radius 2 is 1.81 bits per heavy atom. The molecule has 1 amide bonds. The fraction of sp³-hybridized carbons (Fsp3) is 0.552. The average molecular weight is 512 g/mol. The molecule has 3 aliphatic heterocycles. The number of likely N-dealkylation sites (tertiary alicyclic amines) is 1. The molecule has 200 valence electrons. The molecule has 3 saturated heterocycles. The fourth-order valence-corrected chi connectivity index (χ4v) is 5.90. The summed E-state index contributed by atoms with van der Waals surface area (Å²) >= 11 is 0. The monoisotopic (exact) mass is 511 g/mol. The Morgan fingerprint density at radius 3 is 2.65 bits per heavy atom. The number of aliphatic hydroxyl groups is 1. The summed E-state index contributed by atoms with van der Waals surface area (Å²) in [5.74, 6) is -0.215. The first kappa shape index (κ1) is 26.3. The molecule has 5 atom stereocenters. The van der Waals surface area contributed by atoms with Gasteiger partial charge in [-0.15, -0.1) is 0 Å². The third kappa shape index (κ3) is 7.15. The Hall–Kier alpha value is -2.36. The van der Waals surface area contributed by atoms with E-state index in [1.54, 1.807) is 12.1 Å². The number of aliphatic hydroxyl groups excluding tert-OH is 1. The predicted molar refractivity (Wildman–Crippen MR) is 138 cm³/mol. The van der Waals surface area contributed by atoms with Crippen molar-refractivity contribution in [2.45, 2.75) is 69.2 Å². The Morgan fingerprint density at radius 1 is 1.00 bits per heavy atom. The van der Waals surface area contributed by atoms with E-state index in [4.69, 9.17) is 9.47 Å². The van der Waals surface area contributed by atoms with E-state index >= 15 is 0 Å². The lowest BCUT2D eigenvalue weighted by Gasteiger charge is -2.44. The van der Waals surface area contributed by atoms with Crippen LogP contribution >= 0.6 is 0 Å². The van der Waals surface area contributed by atoms with Crippen LogP contribution in [0.4, 0.5) is 4.39 Å². The summed E-state index contributed by atoms with van der Waals surface area (Å²) < 4.78 is 26.5. The molecule has 3 aliphatic rings. The predicted octanol–water partition coefficient (Wildman–Crippen LogP) is 2.72. The normalized spacial score (nSPS) is 29.3. The lowest BCUT2D eigenvalue weighted by molar-refractivity contribution is -0.158.